The van der Waals surface area contributed by atoms with Crippen LogP contribution in [0.3, 0.4) is 0 Å². The molecule has 0 saturated carbocycles. The molecular weight excluding hydrogens is 691 g/mol. The number of anilines is 3. The Morgan fingerprint density at radius 2 is 0.842 bits per heavy atom. The molecule has 10 aromatic rings. The quantitative estimate of drug-likeness (QED) is 0.155. The molecule has 0 fully saturated rings. The van der Waals surface area contributed by atoms with Gasteiger partial charge in [0.1, 0.15) is 11.3 Å². The zero-order chi connectivity index (χ0) is 38.1. The molecule has 0 atom stereocenters. The van der Waals surface area contributed by atoms with Crippen LogP contribution in [0.1, 0.15) is 5.56 Å². The maximum atomic E-state index is 6.34. The number of hydrogen-bond acceptors (Lipinski definition) is 2. The first-order chi connectivity index (χ1) is 28.2. The Morgan fingerprint density at radius 3 is 1.53 bits per heavy atom. The first-order valence-electron chi connectivity index (χ1n) is 19.5. The number of furan rings is 1. The summed E-state index contributed by atoms with van der Waals surface area (Å²) in [7, 11) is 0. The predicted molar refractivity (Wildman–Crippen MR) is 240 cm³/mol. The molecule has 1 heterocycles. The van der Waals surface area contributed by atoms with Crippen LogP contribution in [0.5, 0.6) is 0 Å². The van der Waals surface area contributed by atoms with Crippen LogP contribution in [0.2, 0.25) is 0 Å². The molecule has 1 aromatic heterocycles. The molecule has 0 unspecified atom stereocenters. The van der Waals surface area contributed by atoms with E-state index in [0.717, 1.165) is 56.0 Å². The molecule has 0 spiro atoms. The van der Waals surface area contributed by atoms with Gasteiger partial charge in [0.2, 0.25) is 0 Å². The van der Waals surface area contributed by atoms with Gasteiger partial charge in [0, 0.05) is 33.3 Å². The van der Waals surface area contributed by atoms with E-state index in [0.29, 0.717) is 0 Å². The van der Waals surface area contributed by atoms with Gasteiger partial charge in [0.15, 0.2) is 0 Å². The van der Waals surface area contributed by atoms with Crippen LogP contribution in [-0.4, -0.2) is 0 Å². The van der Waals surface area contributed by atoms with Crippen LogP contribution in [0.15, 0.2) is 223 Å². The lowest BCUT2D eigenvalue weighted by Crippen LogP contribution is -2.10. The first kappa shape index (κ1) is 34.1. The Labute approximate surface area is 333 Å². The third kappa shape index (κ3) is 6.38. The molecule has 10 rings (SSSR count). The van der Waals surface area contributed by atoms with Crippen molar-refractivity contribution >= 4 is 38.8 Å². The third-order valence-electron chi connectivity index (χ3n) is 11.1. The van der Waals surface area contributed by atoms with E-state index < -0.39 is 0 Å². The highest BCUT2D eigenvalue weighted by Gasteiger charge is 2.18. The van der Waals surface area contributed by atoms with Crippen LogP contribution in [0.25, 0.3) is 77.6 Å². The number of rotatable bonds is 8. The zero-order valence-corrected chi connectivity index (χ0v) is 31.6. The minimum absolute atomic E-state index is 0.916. The Balaban J connectivity index is 1.03. The van der Waals surface area contributed by atoms with Crippen molar-refractivity contribution in [3.63, 3.8) is 0 Å². The fourth-order valence-corrected chi connectivity index (χ4v) is 8.27. The Morgan fingerprint density at radius 1 is 0.351 bits per heavy atom. The zero-order valence-electron chi connectivity index (χ0n) is 31.6. The summed E-state index contributed by atoms with van der Waals surface area (Å²) in [6, 6.07) is 78.2. The summed E-state index contributed by atoms with van der Waals surface area (Å²) >= 11 is 0. The molecule has 9 aromatic carbocycles. The number of para-hydroxylation sites is 1. The largest absolute Gasteiger partial charge is 0.456 e. The summed E-state index contributed by atoms with van der Waals surface area (Å²) in [5, 5.41) is 3.56. The molecule has 270 valence electrons. The second-order valence-electron chi connectivity index (χ2n) is 14.5. The molecule has 0 amide bonds. The van der Waals surface area contributed by atoms with Gasteiger partial charge in [0.25, 0.3) is 0 Å². The topological polar surface area (TPSA) is 16.4 Å². The average molecular weight is 730 g/mol. The van der Waals surface area contributed by atoms with Crippen molar-refractivity contribution in [1.82, 2.24) is 0 Å². The van der Waals surface area contributed by atoms with Crippen molar-refractivity contribution in [2.24, 2.45) is 0 Å². The Bertz CT molecular complexity index is 3010. The molecule has 2 nitrogen and oxygen atoms in total. The monoisotopic (exact) mass is 729 g/mol. The highest BCUT2D eigenvalue weighted by atomic mass is 16.3. The minimum atomic E-state index is 0.916. The van der Waals surface area contributed by atoms with Crippen LogP contribution in [0.4, 0.5) is 17.1 Å². The highest BCUT2D eigenvalue weighted by Crippen LogP contribution is 2.43. The molecule has 0 aliphatic carbocycles. The van der Waals surface area contributed by atoms with E-state index in [1.807, 2.05) is 12.1 Å². The standard InChI is InChI=1S/C55H39NO/c1-38-47-21-11-12-28-54(47)57-55(38)44-20-13-19-43(37-44)39-29-33-45(34-30-39)56(53-27-14-18-41-17-5-6-24-50(41)53)46-35-31-42(32-36-46)49-23-8-10-26-52(49)51-25-9-7-22-48(51)40-15-3-2-4-16-40/h2-37H,1H3. The lowest BCUT2D eigenvalue weighted by atomic mass is 9.89. The molecule has 0 aliphatic heterocycles. The summed E-state index contributed by atoms with van der Waals surface area (Å²) in [4.78, 5) is 2.38. The number of fused-ring (bicyclic) bond motifs is 2. The maximum Gasteiger partial charge on any atom is 0.138 e. The molecule has 0 N–H and O–H groups in total. The number of hydrogen-bond donors (Lipinski definition) is 0. The van der Waals surface area contributed by atoms with Gasteiger partial charge in [-0.25, -0.2) is 0 Å². The van der Waals surface area contributed by atoms with E-state index in [1.165, 1.54) is 44.2 Å². The summed E-state index contributed by atoms with van der Waals surface area (Å²) in [5.74, 6) is 0.920. The molecule has 0 radical (unpaired) electrons. The van der Waals surface area contributed by atoms with Gasteiger partial charge in [0.05, 0.1) is 5.69 Å². The van der Waals surface area contributed by atoms with Gasteiger partial charge in [-0.15, -0.1) is 0 Å². The first-order valence-corrected chi connectivity index (χ1v) is 19.5. The van der Waals surface area contributed by atoms with E-state index in [9.17, 15) is 0 Å². The Kier molecular flexibility index (Phi) is 8.78. The lowest BCUT2D eigenvalue weighted by molar-refractivity contribution is 0.629. The second-order valence-corrected chi connectivity index (χ2v) is 14.5. The van der Waals surface area contributed by atoms with E-state index in [-0.39, 0.29) is 0 Å². The van der Waals surface area contributed by atoms with Crippen LogP contribution < -0.4 is 4.90 Å². The van der Waals surface area contributed by atoms with Gasteiger partial charge >= 0.3 is 0 Å². The molecule has 0 bridgehead atoms. The molecule has 0 aliphatic rings. The van der Waals surface area contributed by atoms with E-state index in [4.69, 9.17) is 4.42 Å². The summed E-state index contributed by atoms with van der Waals surface area (Å²) in [5.41, 5.74) is 16.0. The molecule has 2 heteroatoms. The molecular formula is C55H39NO. The van der Waals surface area contributed by atoms with E-state index >= 15 is 0 Å². The number of benzene rings is 9. The van der Waals surface area contributed by atoms with Crippen molar-refractivity contribution in [3.8, 4) is 55.8 Å². The van der Waals surface area contributed by atoms with E-state index in [2.05, 4.69) is 218 Å². The van der Waals surface area contributed by atoms with Crippen LogP contribution in [-0.2, 0) is 0 Å². The SMILES string of the molecule is Cc1c(-c2cccc(-c3ccc(N(c4ccc(-c5ccccc5-c5ccccc5-c5ccccc5)cc4)c4cccc5ccccc45)cc3)c2)oc2ccccc12. The van der Waals surface area contributed by atoms with Gasteiger partial charge in [-0.2, -0.15) is 0 Å². The Hall–Kier alpha value is -7.42. The number of aryl methyl sites for hydroxylation is 1. The summed E-state index contributed by atoms with van der Waals surface area (Å²) < 4.78 is 6.34. The normalized spacial score (nSPS) is 11.2. The van der Waals surface area contributed by atoms with Gasteiger partial charge in [-0.3, -0.25) is 0 Å². The molecule has 0 saturated heterocycles. The maximum absolute atomic E-state index is 6.34. The van der Waals surface area contributed by atoms with Gasteiger partial charge < -0.3 is 9.32 Å². The predicted octanol–water partition coefficient (Wildman–Crippen LogP) is 15.7. The minimum Gasteiger partial charge on any atom is -0.456 e. The summed E-state index contributed by atoms with van der Waals surface area (Å²) in [6.07, 6.45) is 0. The van der Waals surface area contributed by atoms with E-state index in [1.54, 1.807) is 0 Å². The van der Waals surface area contributed by atoms with Crippen LogP contribution in [0, 0.1) is 6.92 Å². The summed E-state index contributed by atoms with van der Waals surface area (Å²) in [6.45, 7) is 2.14. The fourth-order valence-electron chi connectivity index (χ4n) is 8.27. The van der Waals surface area contributed by atoms with Gasteiger partial charge in [-0.1, -0.05) is 176 Å². The third-order valence-corrected chi connectivity index (χ3v) is 11.1. The van der Waals surface area contributed by atoms with Crippen molar-refractivity contribution in [1.29, 1.82) is 0 Å². The molecule has 57 heavy (non-hydrogen) atoms. The smallest absolute Gasteiger partial charge is 0.138 e. The van der Waals surface area contributed by atoms with Crippen molar-refractivity contribution in [2.75, 3.05) is 4.90 Å². The van der Waals surface area contributed by atoms with Crippen LogP contribution >= 0.6 is 0 Å². The lowest BCUT2D eigenvalue weighted by Gasteiger charge is -2.27. The highest BCUT2D eigenvalue weighted by molar-refractivity contribution is 5.99. The van der Waals surface area contributed by atoms with Crippen molar-refractivity contribution in [2.45, 2.75) is 6.92 Å². The fraction of sp³-hybridized carbons (Fsp3) is 0.0182. The number of nitrogens with zero attached hydrogens (tertiary/aromatic N) is 1. The second kappa shape index (κ2) is 14.7. The van der Waals surface area contributed by atoms with Crippen molar-refractivity contribution in [3.05, 3.63) is 224 Å². The van der Waals surface area contributed by atoms with Gasteiger partial charge in [-0.05, 0) is 99.3 Å². The van der Waals surface area contributed by atoms with Crippen molar-refractivity contribution < 1.29 is 4.42 Å². The average Bonchev–Trinajstić information content (AvgIpc) is 3.63.